The van der Waals surface area contributed by atoms with E-state index in [0.29, 0.717) is 5.46 Å². The Hall–Kier alpha value is -1.58. The van der Waals surface area contributed by atoms with E-state index < -0.39 is 7.12 Å². The number of rotatable bonds is 6. The molecule has 2 N–H and O–H groups in total. The lowest BCUT2D eigenvalue weighted by molar-refractivity contribution is 0.425. The second-order valence-electron chi connectivity index (χ2n) is 5.11. The van der Waals surface area contributed by atoms with Crippen molar-refractivity contribution in [2.24, 2.45) is 0 Å². The summed E-state index contributed by atoms with van der Waals surface area (Å²) in [5.74, 6) is 0. The molecule has 0 heterocycles. The highest BCUT2D eigenvalue weighted by atomic mass is 16.4. The first kappa shape index (κ1) is 14.8. The van der Waals surface area contributed by atoms with Crippen LogP contribution in [0.5, 0.6) is 0 Å². The normalized spacial score (nSPS) is 10.6. The van der Waals surface area contributed by atoms with Crippen LogP contribution in [0.1, 0.15) is 31.7 Å². The molecule has 0 aliphatic heterocycles. The van der Waals surface area contributed by atoms with Crippen LogP contribution in [0, 0.1) is 0 Å². The maximum absolute atomic E-state index is 9.48. The fourth-order valence-electron chi connectivity index (χ4n) is 2.45. The molecule has 2 rings (SSSR count). The molecule has 3 heteroatoms. The van der Waals surface area contributed by atoms with Gasteiger partial charge in [-0.2, -0.15) is 0 Å². The first-order valence-electron chi connectivity index (χ1n) is 7.26. The highest BCUT2D eigenvalue weighted by Crippen LogP contribution is 2.20. The summed E-state index contributed by atoms with van der Waals surface area (Å²) in [4.78, 5) is 0. The van der Waals surface area contributed by atoms with Gasteiger partial charge in [0.25, 0.3) is 0 Å². The molecule has 0 aromatic heterocycles. The molecule has 2 aromatic carbocycles. The molecule has 0 saturated carbocycles. The number of unbranched alkanes of at least 4 members (excludes halogenated alkanes) is 2. The third kappa shape index (κ3) is 3.72. The second kappa shape index (κ2) is 7.27. The summed E-state index contributed by atoms with van der Waals surface area (Å²) in [6, 6.07) is 16.0. The Morgan fingerprint density at radius 1 is 0.900 bits per heavy atom. The number of hydrogen-bond donors (Lipinski definition) is 2. The van der Waals surface area contributed by atoms with Gasteiger partial charge in [-0.15, -0.1) is 0 Å². The van der Waals surface area contributed by atoms with Gasteiger partial charge >= 0.3 is 7.12 Å². The van der Waals surface area contributed by atoms with Crippen LogP contribution < -0.4 is 5.46 Å². The van der Waals surface area contributed by atoms with Crippen molar-refractivity contribution in [3.63, 3.8) is 0 Å². The first-order valence-corrected chi connectivity index (χ1v) is 7.26. The second-order valence-corrected chi connectivity index (χ2v) is 5.11. The maximum atomic E-state index is 9.48. The molecule has 0 fully saturated rings. The van der Waals surface area contributed by atoms with Crippen molar-refractivity contribution in [2.45, 2.75) is 32.6 Å². The lowest BCUT2D eigenvalue weighted by atomic mass is 9.75. The van der Waals surface area contributed by atoms with E-state index in [1.165, 1.54) is 0 Å². The predicted molar refractivity (Wildman–Crippen MR) is 84.9 cm³/mol. The van der Waals surface area contributed by atoms with Crippen molar-refractivity contribution in [1.82, 2.24) is 0 Å². The molecule has 2 nitrogen and oxygen atoms in total. The quantitative estimate of drug-likeness (QED) is 0.624. The Morgan fingerprint density at radius 2 is 1.65 bits per heavy atom. The van der Waals surface area contributed by atoms with Gasteiger partial charge in [-0.3, -0.25) is 0 Å². The standard InChI is InChI=1S/C17H21BO2/c1-2-3-5-10-16-13-15(11-12-17(16)18(19)20)14-8-6-4-7-9-14/h4,6-9,11-13,19-20H,2-3,5,10H2,1H3. The van der Waals surface area contributed by atoms with Gasteiger partial charge in [0.2, 0.25) is 0 Å². The minimum atomic E-state index is -1.39. The molecule has 20 heavy (non-hydrogen) atoms. The van der Waals surface area contributed by atoms with E-state index in [2.05, 4.69) is 25.1 Å². The topological polar surface area (TPSA) is 40.5 Å². The average Bonchev–Trinajstić information content (AvgIpc) is 2.48. The molecule has 0 atom stereocenters. The van der Waals surface area contributed by atoms with E-state index in [0.717, 1.165) is 42.4 Å². The minimum absolute atomic E-state index is 0.626. The van der Waals surface area contributed by atoms with Crippen molar-refractivity contribution >= 4 is 12.6 Å². The fourth-order valence-corrected chi connectivity index (χ4v) is 2.45. The lowest BCUT2D eigenvalue weighted by Crippen LogP contribution is -2.33. The van der Waals surface area contributed by atoms with Gasteiger partial charge in [0.15, 0.2) is 0 Å². The van der Waals surface area contributed by atoms with Crippen LogP contribution in [0.4, 0.5) is 0 Å². The summed E-state index contributed by atoms with van der Waals surface area (Å²) < 4.78 is 0. The third-order valence-corrected chi connectivity index (χ3v) is 3.58. The largest absolute Gasteiger partial charge is 0.488 e. The molecule has 0 aliphatic rings. The Morgan fingerprint density at radius 3 is 2.30 bits per heavy atom. The van der Waals surface area contributed by atoms with E-state index >= 15 is 0 Å². The van der Waals surface area contributed by atoms with Gasteiger partial charge in [0.1, 0.15) is 0 Å². The lowest BCUT2D eigenvalue weighted by Gasteiger charge is -2.11. The SMILES string of the molecule is CCCCCc1cc(-c2ccccc2)ccc1B(O)O. The van der Waals surface area contributed by atoms with E-state index in [-0.39, 0.29) is 0 Å². The Bertz CT molecular complexity index is 538. The summed E-state index contributed by atoms with van der Waals surface area (Å²) in [6.07, 6.45) is 4.29. The number of aryl methyl sites for hydroxylation is 1. The Kier molecular flexibility index (Phi) is 5.39. The highest BCUT2D eigenvalue weighted by Gasteiger charge is 2.16. The van der Waals surface area contributed by atoms with Crippen LogP contribution >= 0.6 is 0 Å². The van der Waals surface area contributed by atoms with Crippen LogP contribution in [0.15, 0.2) is 48.5 Å². The van der Waals surface area contributed by atoms with E-state index in [1.54, 1.807) is 0 Å². The van der Waals surface area contributed by atoms with Crippen LogP contribution in [-0.4, -0.2) is 17.2 Å². The third-order valence-electron chi connectivity index (χ3n) is 3.58. The highest BCUT2D eigenvalue weighted by molar-refractivity contribution is 6.59. The summed E-state index contributed by atoms with van der Waals surface area (Å²) in [5.41, 5.74) is 3.94. The fraction of sp³-hybridized carbons (Fsp3) is 0.294. The summed E-state index contributed by atoms with van der Waals surface area (Å²) >= 11 is 0. The van der Waals surface area contributed by atoms with Gasteiger partial charge in [-0.05, 0) is 35.0 Å². The van der Waals surface area contributed by atoms with Gasteiger partial charge in [0, 0.05) is 0 Å². The maximum Gasteiger partial charge on any atom is 0.488 e. The van der Waals surface area contributed by atoms with Gasteiger partial charge < -0.3 is 10.0 Å². The van der Waals surface area contributed by atoms with Crippen molar-refractivity contribution in [1.29, 1.82) is 0 Å². The number of hydrogen-bond acceptors (Lipinski definition) is 2. The predicted octanol–water partition coefficient (Wildman–Crippen LogP) is 2.77. The van der Waals surface area contributed by atoms with Crippen molar-refractivity contribution in [2.75, 3.05) is 0 Å². The van der Waals surface area contributed by atoms with Crippen LogP contribution in [0.25, 0.3) is 11.1 Å². The average molecular weight is 268 g/mol. The molecule has 2 aromatic rings. The van der Waals surface area contributed by atoms with Crippen LogP contribution in [0.3, 0.4) is 0 Å². The number of benzene rings is 2. The van der Waals surface area contributed by atoms with E-state index in [9.17, 15) is 10.0 Å². The molecule has 104 valence electrons. The van der Waals surface area contributed by atoms with Crippen molar-refractivity contribution in [3.8, 4) is 11.1 Å². The van der Waals surface area contributed by atoms with Gasteiger partial charge in [-0.25, -0.2) is 0 Å². The zero-order chi connectivity index (χ0) is 14.4. The molecule has 0 unspecified atom stereocenters. The zero-order valence-corrected chi connectivity index (χ0v) is 11.9. The molecule has 0 aliphatic carbocycles. The summed E-state index contributed by atoms with van der Waals surface area (Å²) in [7, 11) is -1.39. The van der Waals surface area contributed by atoms with Crippen LogP contribution in [0.2, 0.25) is 0 Å². The molecular formula is C17H21BO2. The minimum Gasteiger partial charge on any atom is -0.423 e. The van der Waals surface area contributed by atoms with E-state index in [1.807, 2.05) is 30.3 Å². The van der Waals surface area contributed by atoms with Crippen molar-refractivity contribution in [3.05, 3.63) is 54.1 Å². The summed E-state index contributed by atoms with van der Waals surface area (Å²) in [5, 5.41) is 19.0. The van der Waals surface area contributed by atoms with Gasteiger partial charge in [-0.1, -0.05) is 68.3 Å². The molecular weight excluding hydrogens is 247 g/mol. The van der Waals surface area contributed by atoms with Crippen LogP contribution in [-0.2, 0) is 6.42 Å². The first-order chi connectivity index (χ1) is 9.72. The smallest absolute Gasteiger partial charge is 0.423 e. The Balaban J connectivity index is 2.30. The molecule has 0 radical (unpaired) electrons. The molecule has 0 amide bonds. The monoisotopic (exact) mass is 268 g/mol. The molecule has 0 bridgehead atoms. The van der Waals surface area contributed by atoms with E-state index in [4.69, 9.17) is 0 Å². The van der Waals surface area contributed by atoms with Gasteiger partial charge in [0.05, 0.1) is 0 Å². The van der Waals surface area contributed by atoms with Crippen molar-refractivity contribution < 1.29 is 10.0 Å². The summed E-state index contributed by atoms with van der Waals surface area (Å²) in [6.45, 7) is 2.17. The molecule has 0 saturated heterocycles. The Labute approximate surface area is 121 Å². The zero-order valence-electron chi connectivity index (χ0n) is 11.9. The molecule has 0 spiro atoms.